The second-order valence-electron chi connectivity index (χ2n) is 3.05. The summed E-state index contributed by atoms with van der Waals surface area (Å²) in [5, 5.41) is 8.71. The maximum absolute atomic E-state index is 11.4. The molecule has 1 atom stereocenters. The van der Waals surface area contributed by atoms with Gasteiger partial charge < -0.3 is 10.5 Å². The molecule has 4 heteroatoms. The first-order valence-corrected chi connectivity index (χ1v) is 4.51. The highest BCUT2D eigenvalue weighted by molar-refractivity contribution is 5.78. The second-order valence-corrected chi connectivity index (χ2v) is 3.05. The molecule has 0 aliphatic carbocycles. The topological polar surface area (TPSA) is 76.1 Å². The quantitative estimate of drug-likeness (QED) is 0.738. The fourth-order valence-electron chi connectivity index (χ4n) is 1.34. The van der Waals surface area contributed by atoms with Crippen LogP contribution in [-0.2, 0) is 9.53 Å². The molecule has 15 heavy (non-hydrogen) atoms. The Morgan fingerprint density at radius 1 is 1.67 bits per heavy atom. The van der Waals surface area contributed by atoms with Gasteiger partial charge in [-0.25, -0.2) is 0 Å². The molecule has 78 valence electrons. The predicted molar refractivity (Wildman–Crippen MR) is 55.0 cm³/mol. The molecule has 1 aromatic carbocycles. The summed E-state index contributed by atoms with van der Waals surface area (Å²) in [6.07, 6.45) is 0. The van der Waals surface area contributed by atoms with Gasteiger partial charge in [0, 0.05) is 6.54 Å². The molecule has 0 heterocycles. The molecule has 1 unspecified atom stereocenters. The number of benzene rings is 1. The van der Waals surface area contributed by atoms with E-state index >= 15 is 0 Å². The van der Waals surface area contributed by atoms with Crippen molar-refractivity contribution in [1.82, 2.24) is 0 Å². The van der Waals surface area contributed by atoms with Gasteiger partial charge >= 0.3 is 5.97 Å². The molecule has 1 rings (SSSR count). The van der Waals surface area contributed by atoms with Crippen LogP contribution in [0.4, 0.5) is 0 Å². The molecule has 0 bridgehead atoms. The summed E-state index contributed by atoms with van der Waals surface area (Å²) in [5.74, 6) is -0.879. The lowest BCUT2D eigenvalue weighted by molar-refractivity contribution is -0.142. The lowest BCUT2D eigenvalue weighted by Crippen LogP contribution is -2.22. The van der Waals surface area contributed by atoms with E-state index in [0.29, 0.717) is 11.1 Å². The Balaban J connectivity index is 3.02. The zero-order chi connectivity index (χ0) is 11.3. The third-order valence-electron chi connectivity index (χ3n) is 2.14. The summed E-state index contributed by atoms with van der Waals surface area (Å²) in [7, 11) is 1.32. The van der Waals surface area contributed by atoms with Gasteiger partial charge in [0.25, 0.3) is 0 Å². The number of carbonyl (C=O) groups excluding carboxylic acids is 1. The van der Waals surface area contributed by atoms with Crippen molar-refractivity contribution in [2.45, 2.75) is 5.92 Å². The van der Waals surface area contributed by atoms with Crippen LogP contribution in [0.1, 0.15) is 17.0 Å². The van der Waals surface area contributed by atoms with Crippen LogP contribution < -0.4 is 5.73 Å². The van der Waals surface area contributed by atoms with Gasteiger partial charge in [-0.3, -0.25) is 4.79 Å². The van der Waals surface area contributed by atoms with Gasteiger partial charge in [-0.2, -0.15) is 5.26 Å². The third kappa shape index (κ3) is 2.55. The van der Waals surface area contributed by atoms with Crippen molar-refractivity contribution in [1.29, 1.82) is 5.26 Å². The number of nitrogens with zero attached hydrogens (tertiary/aromatic N) is 1. The molecule has 2 N–H and O–H groups in total. The maximum Gasteiger partial charge on any atom is 0.314 e. The summed E-state index contributed by atoms with van der Waals surface area (Å²) in [4.78, 5) is 11.4. The highest BCUT2D eigenvalue weighted by Gasteiger charge is 2.19. The molecule has 0 spiro atoms. The van der Waals surface area contributed by atoms with E-state index < -0.39 is 5.92 Å². The number of nitriles is 1. The number of hydrogen-bond donors (Lipinski definition) is 1. The van der Waals surface area contributed by atoms with Gasteiger partial charge in [0.1, 0.15) is 0 Å². The van der Waals surface area contributed by atoms with E-state index in [4.69, 9.17) is 11.0 Å². The molecular weight excluding hydrogens is 192 g/mol. The fourth-order valence-corrected chi connectivity index (χ4v) is 1.34. The molecule has 0 amide bonds. The Kier molecular flexibility index (Phi) is 3.83. The van der Waals surface area contributed by atoms with Gasteiger partial charge in [0.05, 0.1) is 24.7 Å². The minimum atomic E-state index is -0.497. The molecule has 4 nitrogen and oxygen atoms in total. The SMILES string of the molecule is COC(=O)C(CN)c1cccc(C#N)c1. The molecule has 0 aliphatic heterocycles. The highest BCUT2D eigenvalue weighted by Crippen LogP contribution is 2.17. The molecular formula is C11H12N2O2. The van der Waals surface area contributed by atoms with Crippen molar-refractivity contribution in [3.8, 4) is 6.07 Å². The van der Waals surface area contributed by atoms with E-state index in [1.807, 2.05) is 6.07 Å². The number of esters is 1. The Morgan fingerprint density at radius 2 is 2.40 bits per heavy atom. The van der Waals surface area contributed by atoms with Crippen LogP contribution in [-0.4, -0.2) is 19.6 Å². The minimum Gasteiger partial charge on any atom is -0.469 e. The van der Waals surface area contributed by atoms with Gasteiger partial charge in [0.15, 0.2) is 0 Å². The van der Waals surface area contributed by atoms with E-state index in [9.17, 15) is 4.79 Å². The van der Waals surface area contributed by atoms with E-state index in [0.717, 1.165) is 0 Å². The van der Waals surface area contributed by atoms with Crippen LogP contribution in [0, 0.1) is 11.3 Å². The average Bonchev–Trinajstić information content (AvgIpc) is 2.30. The first-order chi connectivity index (χ1) is 7.22. The molecule has 0 radical (unpaired) electrons. The first kappa shape index (κ1) is 11.2. The molecule has 0 aliphatic rings. The number of hydrogen-bond acceptors (Lipinski definition) is 4. The minimum absolute atomic E-state index is 0.168. The number of ether oxygens (including phenoxy) is 1. The summed E-state index contributed by atoms with van der Waals surface area (Å²) >= 11 is 0. The zero-order valence-electron chi connectivity index (χ0n) is 8.43. The predicted octanol–water partition coefficient (Wildman–Crippen LogP) is 0.774. The van der Waals surface area contributed by atoms with E-state index in [1.165, 1.54) is 7.11 Å². The van der Waals surface area contributed by atoms with Crippen LogP contribution in [0.2, 0.25) is 0 Å². The summed E-state index contributed by atoms with van der Waals surface area (Å²) in [5.41, 5.74) is 6.71. The number of methoxy groups -OCH3 is 1. The number of nitrogens with two attached hydrogens (primary N) is 1. The summed E-state index contributed by atoms with van der Waals surface area (Å²) < 4.78 is 4.63. The van der Waals surface area contributed by atoms with Crippen molar-refractivity contribution in [2.24, 2.45) is 5.73 Å². The zero-order valence-corrected chi connectivity index (χ0v) is 8.43. The lowest BCUT2D eigenvalue weighted by Gasteiger charge is -2.12. The van der Waals surface area contributed by atoms with Crippen molar-refractivity contribution >= 4 is 5.97 Å². The first-order valence-electron chi connectivity index (χ1n) is 4.51. The normalized spacial score (nSPS) is 11.5. The molecule has 0 aromatic heterocycles. The number of rotatable bonds is 3. The Morgan fingerprint density at radius 3 is 2.93 bits per heavy atom. The second kappa shape index (κ2) is 5.13. The average molecular weight is 204 g/mol. The van der Waals surface area contributed by atoms with E-state index in [1.54, 1.807) is 24.3 Å². The monoisotopic (exact) mass is 204 g/mol. The lowest BCUT2D eigenvalue weighted by atomic mass is 9.98. The Labute approximate surface area is 88.3 Å². The molecule has 0 fully saturated rings. The highest BCUT2D eigenvalue weighted by atomic mass is 16.5. The van der Waals surface area contributed by atoms with Crippen LogP contribution in [0.15, 0.2) is 24.3 Å². The van der Waals surface area contributed by atoms with Crippen molar-refractivity contribution in [3.05, 3.63) is 35.4 Å². The molecule has 1 aromatic rings. The summed E-state index contributed by atoms with van der Waals surface area (Å²) in [6.45, 7) is 0.168. The third-order valence-corrected chi connectivity index (χ3v) is 2.14. The van der Waals surface area contributed by atoms with Crippen molar-refractivity contribution in [2.75, 3.05) is 13.7 Å². The van der Waals surface area contributed by atoms with Crippen LogP contribution >= 0.6 is 0 Å². The number of carbonyl (C=O) groups is 1. The van der Waals surface area contributed by atoms with Gasteiger partial charge in [-0.05, 0) is 17.7 Å². The molecule has 0 saturated heterocycles. The van der Waals surface area contributed by atoms with Crippen LogP contribution in [0.25, 0.3) is 0 Å². The maximum atomic E-state index is 11.4. The van der Waals surface area contributed by atoms with Gasteiger partial charge in [0.2, 0.25) is 0 Å². The van der Waals surface area contributed by atoms with E-state index in [2.05, 4.69) is 4.74 Å². The fraction of sp³-hybridized carbons (Fsp3) is 0.273. The van der Waals surface area contributed by atoms with Crippen molar-refractivity contribution in [3.63, 3.8) is 0 Å². The van der Waals surface area contributed by atoms with Crippen LogP contribution in [0.3, 0.4) is 0 Å². The van der Waals surface area contributed by atoms with Gasteiger partial charge in [-0.15, -0.1) is 0 Å². The Bertz CT molecular complexity index is 396. The van der Waals surface area contributed by atoms with Crippen molar-refractivity contribution < 1.29 is 9.53 Å². The molecule has 0 saturated carbocycles. The largest absolute Gasteiger partial charge is 0.469 e. The smallest absolute Gasteiger partial charge is 0.314 e. The standard InChI is InChI=1S/C11H12N2O2/c1-15-11(14)10(7-13)9-4-2-3-8(5-9)6-12/h2-5,10H,7,13H2,1H3. The summed E-state index contributed by atoms with van der Waals surface area (Å²) in [6, 6.07) is 8.81. The van der Waals surface area contributed by atoms with Crippen LogP contribution in [0.5, 0.6) is 0 Å². The Hall–Kier alpha value is -1.86. The van der Waals surface area contributed by atoms with Gasteiger partial charge in [-0.1, -0.05) is 12.1 Å². The van der Waals surface area contributed by atoms with E-state index in [-0.39, 0.29) is 12.5 Å².